The first-order valence-corrected chi connectivity index (χ1v) is 14.6. The van der Waals surface area contributed by atoms with E-state index in [0.29, 0.717) is 11.6 Å². The summed E-state index contributed by atoms with van der Waals surface area (Å²) in [6.45, 7) is 10.7. The van der Waals surface area contributed by atoms with Crippen molar-refractivity contribution in [2.75, 3.05) is 17.2 Å². The fourth-order valence-corrected chi connectivity index (χ4v) is 6.65. The summed E-state index contributed by atoms with van der Waals surface area (Å²) in [4.78, 5) is 28.5. The third-order valence-corrected chi connectivity index (χ3v) is 8.75. The van der Waals surface area contributed by atoms with E-state index >= 15 is 0 Å². The first-order valence-electron chi connectivity index (χ1n) is 12.6. The Hall–Kier alpha value is -3.30. The third-order valence-electron chi connectivity index (χ3n) is 6.79. The Labute approximate surface area is 231 Å². The molecule has 1 aliphatic rings. The Bertz CT molecular complexity index is 1450. The SMILES string of the molecule is Cc1cccc(-n2nc(C(C)(C)C)c3c2N(CC(=O)NCc2ccco2)C(=O)CSC3c2ccsc2)c1C. The molecular weight excluding hydrogens is 516 g/mol. The molecule has 0 fully saturated rings. The van der Waals surface area contributed by atoms with Crippen molar-refractivity contribution in [2.45, 2.75) is 51.8 Å². The molecule has 1 aromatic carbocycles. The van der Waals surface area contributed by atoms with Gasteiger partial charge in [-0.25, -0.2) is 4.68 Å². The van der Waals surface area contributed by atoms with Crippen LogP contribution in [0.1, 0.15) is 59.7 Å². The molecule has 1 N–H and O–H groups in total. The fourth-order valence-electron chi connectivity index (χ4n) is 4.69. The van der Waals surface area contributed by atoms with Crippen LogP contribution in [0.15, 0.2) is 57.8 Å². The zero-order valence-corrected chi connectivity index (χ0v) is 23.9. The number of amides is 2. The van der Waals surface area contributed by atoms with E-state index in [4.69, 9.17) is 9.52 Å². The Morgan fingerprint density at radius 2 is 2.00 bits per heavy atom. The van der Waals surface area contributed by atoms with E-state index < -0.39 is 0 Å². The number of benzene rings is 1. The summed E-state index contributed by atoms with van der Waals surface area (Å²) in [6.07, 6.45) is 1.57. The van der Waals surface area contributed by atoms with Crippen LogP contribution < -0.4 is 10.2 Å². The molecule has 2 amide bonds. The molecule has 1 unspecified atom stereocenters. The summed E-state index contributed by atoms with van der Waals surface area (Å²) in [6, 6.07) is 11.8. The third kappa shape index (κ3) is 5.05. The molecule has 3 aromatic heterocycles. The molecule has 9 heteroatoms. The summed E-state index contributed by atoms with van der Waals surface area (Å²) >= 11 is 3.24. The summed E-state index contributed by atoms with van der Waals surface area (Å²) in [7, 11) is 0. The Kier molecular flexibility index (Phi) is 7.24. The van der Waals surface area contributed by atoms with Crippen molar-refractivity contribution in [3.05, 3.63) is 87.1 Å². The van der Waals surface area contributed by atoms with Gasteiger partial charge in [0.2, 0.25) is 11.8 Å². The normalized spacial score (nSPS) is 15.9. The number of hydrogen-bond acceptors (Lipinski definition) is 6. The van der Waals surface area contributed by atoms with Crippen molar-refractivity contribution in [2.24, 2.45) is 0 Å². The minimum Gasteiger partial charge on any atom is -0.467 e. The van der Waals surface area contributed by atoms with Gasteiger partial charge in [-0.15, -0.1) is 11.8 Å². The number of thioether (sulfide) groups is 1. The molecule has 1 atom stereocenters. The van der Waals surface area contributed by atoms with Crippen molar-refractivity contribution < 1.29 is 14.0 Å². The lowest BCUT2D eigenvalue weighted by Gasteiger charge is -2.24. The topological polar surface area (TPSA) is 80.4 Å². The molecule has 0 radical (unpaired) electrons. The molecule has 0 spiro atoms. The maximum atomic E-state index is 13.7. The average molecular weight is 549 g/mol. The van der Waals surface area contributed by atoms with Gasteiger partial charge in [-0.3, -0.25) is 14.5 Å². The Morgan fingerprint density at radius 1 is 1.18 bits per heavy atom. The van der Waals surface area contributed by atoms with Crippen LogP contribution in [-0.2, 0) is 21.5 Å². The molecule has 0 saturated heterocycles. The number of aromatic nitrogens is 2. The zero-order valence-electron chi connectivity index (χ0n) is 22.3. The first-order chi connectivity index (χ1) is 18.1. The summed E-state index contributed by atoms with van der Waals surface area (Å²) in [5, 5.41) is 12.2. The highest BCUT2D eigenvalue weighted by Crippen LogP contribution is 2.49. The van der Waals surface area contributed by atoms with Crippen molar-refractivity contribution in [3.8, 4) is 5.69 Å². The molecule has 5 rings (SSSR count). The van der Waals surface area contributed by atoms with Gasteiger partial charge in [0.15, 0.2) is 0 Å². The van der Waals surface area contributed by atoms with E-state index in [9.17, 15) is 9.59 Å². The van der Waals surface area contributed by atoms with Crippen LogP contribution >= 0.6 is 23.1 Å². The smallest absolute Gasteiger partial charge is 0.240 e. The van der Waals surface area contributed by atoms with Crippen LogP contribution in [0.25, 0.3) is 5.69 Å². The first kappa shape index (κ1) is 26.3. The van der Waals surface area contributed by atoms with E-state index in [-0.39, 0.29) is 41.3 Å². The average Bonchev–Trinajstić information content (AvgIpc) is 3.63. The molecule has 0 saturated carbocycles. The van der Waals surface area contributed by atoms with Crippen molar-refractivity contribution >= 4 is 40.7 Å². The number of nitrogens with zero attached hydrogens (tertiary/aromatic N) is 3. The highest BCUT2D eigenvalue weighted by molar-refractivity contribution is 8.00. The van der Waals surface area contributed by atoms with Gasteiger partial charge in [-0.2, -0.15) is 16.4 Å². The molecule has 4 heterocycles. The van der Waals surface area contributed by atoms with E-state index in [1.165, 1.54) is 0 Å². The largest absolute Gasteiger partial charge is 0.467 e. The Balaban J connectivity index is 1.68. The highest BCUT2D eigenvalue weighted by Gasteiger charge is 2.40. The molecular formula is C29H32N4O3S2. The van der Waals surface area contributed by atoms with Gasteiger partial charge >= 0.3 is 0 Å². The van der Waals surface area contributed by atoms with Crippen molar-refractivity contribution in [3.63, 3.8) is 0 Å². The molecule has 198 valence electrons. The van der Waals surface area contributed by atoms with Crippen LogP contribution in [0, 0.1) is 13.8 Å². The predicted molar refractivity (Wildman–Crippen MR) is 153 cm³/mol. The number of thiophene rings is 1. The van der Waals surface area contributed by atoms with Gasteiger partial charge in [0, 0.05) is 11.0 Å². The summed E-state index contributed by atoms with van der Waals surface area (Å²) < 4.78 is 7.25. The predicted octanol–water partition coefficient (Wildman–Crippen LogP) is 5.93. The number of nitrogens with one attached hydrogen (secondary N) is 1. The minimum absolute atomic E-state index is 0.0792. The monoisotopic (exact) mass is 548 g/mol. The van der Waals surface area contributed by atoms with Gasteiger partial charge in [0.05, 0.1) is 35.2 Å². The highest BCUT2D eigenvalue weighted by atomic mass is 32.2. The number of carbonyl (C=O) groups excluding carboxylic acids is 2. The number of hydrogen-bond donors (Lipinski definition) is 1. The second kappa shape index (κ2) is 10.5. The van der Waals surface area contributed by atoms with Gasteiger partial charge in [-0.05, 0) is 65.6 Å². The lowest BCUT2D eigenvalue weighted by Crippen LogP contribution is -2.42. The number of carbonyl (C=O) groups is 2. The van der Waals surface area contributed by atoms with Crippen molar-refractivity contribution in [1.82, 2.24) is 15.1 Å². The quantitative estimate of drug-likeness (QED) is 0.323. The molecule has 38 heavy (non-hydrogen) atoms. The van der Waals surface area contributed by atoms with Crippen LogP contribution in [-0.4, -0.2) is 33.9 Å². The standard InChI is InChI=1S/C29H32N4O3S2/c1-18-8-6-10-22(19(18)2)33-28-25(27(31-33)29(3,4)5)26(20-11-13-37-16-20)38-17-24(35)32(28)15-23(34)30-14-21-9-7-12-36-21/h6-13,16,26H,14-15,17H2,1-5H3,(H,30,34). The zero-order chi connectivity index (χ0) is 27.0. The number of rotatable bonds is 6. The van der Waals surface area contributed by atoms with Gasteiger partial charge in [0.25, 0.3) is 0 Å². The Morgan fingerprint density at radius 3 is 2.68 bits per heavy atom. The lowest BCUT2D eigenvalue weighted by atomic mass is 9.87. The second-order valence-corrected chi connectivity index (χ2v) is 12.4. The molecule has 0 bridgehead atoms. The van der Waals surface area contributed by atoms with Crippen molar-refractivity contribution in [1.29, 1.82) is 0 Å². The van der Waals surface area contributed by atoms with Gasteiger partial charge in [-0.1, -0.05) is 32.9 Å². The van der Waals surface area contributed by atoms with E-state index in [1.807, 2.05) is 22.9 Å². The molecule has 4 aromatic rings. The minimum atomic E-state index is -0.289. The van der Waals surface area contributed by atoms with E-state index in [0.717, 1.165) is 33.6 Å². The van der Waals surface area contributed by atoms with E-state index in [1.54, 1.807) is 40.3 Å². The maximum Gasteiger partial charge on any atom is 0.240 e. The summed E-state index contributed by atoms with van der Waals surface area (Å²) in [5.41, 5.74) is 5.89. The number of anilines is 1. The molecule has 7 nitrogen and oxygen atoms in total. The number of fused-ring (bicyclic) bond motifs is 1. The lowest BCUT2D eigenvalue weighted by molar-refractivity contribution is -0.123. The fraction of sp³-hybridized carbons (Fsp3) is 0.345. The second-order valence-electron chi connectivity index (χ2n) is 10.6. The van der Waals surface area contributed by atoms with Gasteiger partial charge < -0.3 is 9.73 Å². The van der Waals surface area contributed by atoms with Crippen LogP contribution in [0.4, 0.5) is 5.82 Å². The van der Waals surface area contributed by atoms with Crippen LogP contribution in [0.3, 0.4) is 0 Å². The summed E-state index contributed by atoms with van der Waals surface area (Å²) in [5.74, 6) is 1.21. The number of furan rings is 1. The van der Waals surface area contributed by atoms with E-state index in [2.05, 4.69) is 62.8 Å². The van der Waals surface area contributed by atoms with Gasteiger partial charge in [0.1, 0.15) is 18.1 Å². The van der Waals surface area contributed by atoms with Crippen LogP contribution in [0.5, 0.6) is 0 Å². The molecule has 1 aliphatic heterocycles. The number of aryl methyl sites for hydroxylation is 1. The van der Waals surface area contributed by atoms with Crippen LogP contribution in [0.2, 0.25) is 0 Å². The molecule has 0 aliphatic carbocycles. The maximum absolute atomic E-state index is 13.7.